The Balaban J connectivity index is 2.10. The van der Waals surface area contributed by atoms with Crippen LogP contribution in [0.5, 0.6) is 11.5 Å². The zero-order chi connectivity index (χ0) is 13.7. The molecule has 0 aliphatic carbocycles. The number of nitrogens with zero attached hydrogens (tertiary/aromatic N) is 2. The van der Waals surface area contributed by atoms with Gasteiger partial charge in [0.15, 0.2) is 11.5 Å². The number of nitriles is 1. The van der Waals surface area contributed by atoms with Crippen LogP contribution in [-0.4, -0.2) is 12.1 Å². The van der Waals surface area contributed by atoms with Crippen LogP contribution in [0, 0.1) is 11.3 Å². The van der Waals surface area contributed by atoms with Gasteiger partial charge in [0.1, 0.15) is 22.6 Å². The van der Waals surface area contributed by atoms with Crippen molar-refractivity contribution in [1.82, 2.24) is 4.98 Å². The van der Waals surface area contributed by atoms with Gasteiger partial charge in [-0.3, -0.25) is 0 Å². The molecule has 19 heavy (non-hydrogen) atoms. The average molecular weight is 274 g/mol. The Kier molecular flexibility index (Phi) is 4.37. The maximum Gasteiger partial charge on any atom is 0.161 e. The summed E-state index contributed by atoms with van der Waals surface area (Å²) in [6.45, 7) is 2.33. The van der Waals surface area contributed by atoms with Gasteiger partial charge in [0.25, 0.3) is 0 Å². The minimum atomic E-state index is 0.347. The first-order chi connectivity index (χ1) is 9.28. The fourth-order valence-corrected chi connectivity index (χ4v) is 2.53. The fourth-order valence-electron chi connectivity index (χ4n) is 1.67. The normalized spacial score (nSPS) is 9.95. The molecule has 98 valence electrons. The molecule has 0 spiro atoms. The van der Waals surface area contributed by atoms with E-state index in [0.717, 1.165) is 17.1 Å². The smallest absolute Gasteiger partial charge is 0.161 e. The average Bonchev–Trinajstić information content (AvgIpc) is 2.87. The molecule has 2 rings (SSSR count). The summed E-state index contributed by atoms with van der Waals surface area (Å²) in [5.74, 6) is 1.37. The molecule has 0 radical (unpaired) electrons. The summed E-state index contributed by atoms with van der Waals surface area (Å²) in [7, 11) is 1.61. The van der Waals surface area contributed by atoms with Gasteiger partial charge in [-0.25, -0.2) is 4.98 Å². The minimum absolute atomic E-state index is 0.347. The van der Waals surface area contributed by atoms with E-state index in [1.54, 1.807) is 7.11 Å². The molecule has 0 amide bonds. The van der Waals surface area contributed by atoms with Crippen molar-refractivity contribution in [3.63, 3.8) is 0 Å². The quantitative estimate of drug-likeness (QED) is 0.840. The number of hydrogen-bond acceptors (Lipinski definition) is 5. The van der Waals surface area contributed by atoms with Crippen LogP contribution in [0.3, 0.4) is 0 Å². The Hall–Kier alpha value is -2.06. The fraction of sp³-hybridized carbons (Fsp3) is 0.286. The number of aryl methyl sites for hydroxylation is 1. The van der Waals surface area contributed by atoms with Gasteiger partial charge in [-0.1, -0.05) is 19.1 Å². The van der Waals surface area contributed by atoms with Crippen LogP contribution >= 0.6 is 11.3 Å². The minimum Gasteiger partial charge on any atom is -0.493 e. The molecule has 1 aromatic heterocycles. The Morgan fingerprint density at radius 2 is 2.05 bits per heavy atom. The van der Waals surface area contributed by atoms with Crippen LogP contribution in [0.1, 0.15) is 22.5 Å². The molecule has 0 N–H and O–H groups in total. The number of methoxy groups -OCH3 is 1. The van der Waals surface area contributed by atoms with E-state index in [1.807, 2.05) is 31.2 Å². The number of hydrogen-bond donors (Lipinski definition) is 0. The standard InChI is InChI=1S/C14H14N2O2S/c1-3-10-13(8-15)19-14(16-10)9-18-12-7-5-4-6-11(12)17-2/h4-7H,3,9H2,1-2H3. The molecule has 1 aromatic carbocycles. The van der Waals surface area contributed by atoms with Gasteiger partial charge in [0.2, 0.25) is 0 Å². The maximum absolute atomic E-state index is 8.99. The zero-order valence-corrected chi connectivity index (χ0v) is 11.7. The van der Waals surface area contributed by atoms with Crippen molar-refractivity contribution in [1.29, 1.82) is 5.26 Å². The van der Waals surface area contributed by atoms with Crippen molar-refractivity contribution in [2.24, 2.45) is 0 Å². The second-order valence-electron chi connectivity index (χ2n) is 3.79. The first-order valence-electron chi connectivity index (χ1n) is 5.93. The summed E-state index contributed by atoms with van der Waals surface area (Å²) >= 11 is 1.38. The zero-order valence-electron chi connectivity index (χ0n) is 10.8. The summed E-state index contributed by atoms with van der Waals surface area (Å²) in [6, 6.07) is 9.63. The van der Waals surface area contributed by atoms with Crippen LogP contribution in [0.4, 0.5) is 0 Å². The van der Waals surface area contributed by atoms with E-state index < -0.39 is 0 Å². The molecule has 0 saturated carbocycles. The highest BCUT2D eigenvalue weighted by molar-refractivity contribution is 7.12. The summed E-state index contributed by atoms with van der Waals surface area (Å²) in [4.78, 5) is 5.07. The van der Waals surface area contributed by atoms with Crippen molar-refractivity contribution in [2.75, 3.05) is 7.11 Å². The van der Waals surface area contributed by atoms with Gasteiger partial charge in [0, 0.05) is 0 Å². The van der Waals surface area contributed by atoms with E-state index in [-0.39, 0.29) is 0 Å². The largest absolute Gasteiger partial charge is 0.493 e. The van der Waals surface area contributed by atoms with Crippen molar-refractivity contribution in [2.45, 2.75) is 20.0 Å². The van der Waals surface area contributed by atoms with E-state index in [4.69, 9.17) is 14.7 Å². The van der Waals surface area contributed by atoms with Crippen LogP contribution < -0.4 is 9.47 Å². The van der Waals surface area contributed by atoms with Gasteiger partial charge in [-0.2, -0.15) is 5.26 Å². The van der Waals surface area contributed by atoms with Gasteiger partial charge < -0.3 is 9.47 Å². The van der Waals surface area contributed by atoms with Crippen molar-refractivity contribution >= 4 is 11.3 Å². The number of thiazole rings is 1. The first kappa shape index (κ1) is 13.4. The van der Waals surface area contributed by atoms with E-state index in [9.17, 15) is 0 Å². The van der Waals surface area contributed by atoms with Gasteiger partial charge in [-0.15, -0.1) is 11.3 Å². The summed E-state index contributed by atoms with van der Waals surface area (Å²) < 4.78 is 10.9. The van der Waals surface area contributed by atoms with E-state index >= 15 is 0 Å². The number of ether oxygens (including phenoxy) is 2. The SMILES string of the molecule is CCc1nc(COc2ccccc2OC)sc1C#N. The molecule has 5 heteroatoms. The summed E-state index contributed by atoms with van der Waals surface area (Å²) in [5.41, 5.74) is 0.839. The Bertz CT molecular complexity index is 602. The Morgan fingerprint density at radius 3 is 2.63 bits per heavy atom. The van der Waals surface area contributed by atoms with Crippen LogP contribution in [0.2, 0.25) is 0 Å². The Labute approximate surface area is 116 Å². The molecular formula is C14H14N2O2S. The van der Waals surface area contributed by atoms with E-state index in [0.29, 0.717) is 23.0 Å². The summed E-state index contributed by atoms with van der Waals surface area (Å²) in [6.07, 6.45) is 0.758. The topological polar surface area (TPSA) is 55.1 Å². The molecule has 0 aliphatic heterocycles. The highest BCUT2D eigenvalue weighted by Crippen LogP contribution is 2.27. The lowest BCUT2D eigenvalue weighted by Gasteiger charge is -2.08. The van der Waals surface area contributed by atoms with E-state index in [1.165, 1.54) is 11.3 Å². The lowest BCUT2D eigenvalue weighted by Crippen LogP contribution is -1.97. The first-order valence-corrected chi connectivity index (χ1v) is 6.74. The predicted octanol–water partition coefficient (Wildman–Crippen LogP) is 3.16. The number of aromatic nitrogens is 1. The molecule has 2 aromatic rings. The molecule has 0 unspecified atom stereocenters. The van der Waals surface area contributed by atoms with Gasteiger partial charge in [0.05, 0.1) is 12.8 Å². The highest BCUT2D eigenvalue weighted by atomic mass is 32.1. The number of rotatable bonds is 5. The monoisotopic (exact) mass is 274 g/mol. The third kappa shape index (κ3) is 3.04. The third-order valence-electron chi connectivity index (χ3n) is 2.60. The van der Waals surface area contributed by atoms with Crippen LogP contribution in [0.25, 0.3) is 0 Å². The third-order valence-corrected chi connectivity index (χ3v) is 3.57. The van der Waals surface area contributed by atoms with Crippen molar-refractivity contribution in [3.8, 4) is 17.6 Å². The molecule has 0 fully saturated rings. The molecule has 0 saturated heterocycles. The van der Waals surface area contributed by atoms with Gasteiger partial charge >= 0.3 is 0 Å². The number of benzene rings is 1. The second-order valence-corrected chi connectivity index (χ2v) is 4.87. The highest BCUT2D eigenvalue weighted by Gasteiger charge is 2.10. The molecule has 4 nitrogen and oxygen atoms in total. The molecular weight excluding hydrogens is 260 g/mol. The van der Waals surface area contributed by atoms with E-state index in [2.05, 4.69) is 11.1 Å². The van der Waals surface area contributed by atoms with Crippen molar-refractivity contribution < 1.29 is 9.47 Å². The second kappa shape index (κ2) is 6.21. The predicted molar refractivity (Wildman–Crippen MR) is 73.5 cm³/mol. The molecule has 0 bridgehead atoms. The summed E-state index contributed by atoms with van der Waals surface area (Å²) in [5, 5.41) is 9.79. The number of para-hydroxylation sites is 2. The van der Waals surface area contributed by atoms with Gasteiger partial charge in [-0.05, 0) is 18.6 Å². The molecule has 0 aliphatic rings. The maximum atomic E-state index is 8.99. The molecule has 1 heterocycles. The lowest BCUT2D eigenvalue weighted by atomic mass is 10.3. The molecule has 0 atom stereocenters. The lowest BCUT2D eigenvalue weighted by molar-refractivity contribution is 0.284. The van der Waals surface area contributed by atoms with Crippen LogP contribution in [-0.2, 0) is 13.0 Å². The Morgan fingerprint density at radius 1 is 1.32 bits per heavy atom. The van der Waals surface area contributed by atoms with Crippen molar-refractivity contribution in [3.05, 3.63) is 39.8 Å². The van der Waals surface area contributed by atoms with Crippen LogP contribution in [0.15, 0.2) is 24.3 Å².